The highest BCUT2D eigenvalue weighted by molar-refractivity contribution is 5.83. The molecule has 0 bridgehead atoms. The lowest BCUT2D eigenvalue weighted by atomic mass is 9.94. The largest absolute Gasteiger partial charge is 0.422 e. The fourth-order valence-electron chi connectivity index (χ4n) is 3.82. The van der Waals surface area contributed by atoms with Crippen LogP contribution in [0, 0.1) is 19.8 Å². The van der Waals surface area contributed by atoms with Crippen LogP contribution in [-0.2, 0) is 6.54 Å². The van der Waals surface area contributed by atoms with Gasteiger partial charge in [-0.25, -0.2) is 4.79 Å². The molecule has 124 valence electrons. The summed E-state index contributed by atoms with van der Waals surface area (Å²) in [7, 11) is 0. The Morgan fingerprint density at radius 1 is 1.30 bits per heavy atom. The van der Waals surface area contributed by atoms with E-state index in [1.54, 1.807) is 6.07 Å². The summed E-state index contributed by atoms with van der Waals surface area (Å²) in [6.45, 7) is 7.82. The molecule has 2 aromatic rings. The molecule has 1 unspecified atom stereocenters. The number of nitrogens with two attached hydrogens (primary N) is 1. The molecule has 23 heavy (non-hydrogen) atoms. The number of aryl methyl sites for hydroxylation is 2. The lowest BCUT2D eigenvalue weighted by Gasteiger charge is -2.32. The molecule has 3 rings (SSSR count). The number of fused-ring (bicyclic) bond motifs is 1. The van der Waals surface area contributed by atoms with Gasteiger partial charge in [0.2, 0.25) is 0 Å². The maximum absolute atomic E-state index is 11.9. The van der Waals surface area contributed by atoms with Crippen LogP contribution in [0.3, 0.4) is 0 Å². The summed E-state index contributed by atoms with van der Waals surface area (Å²) in [5.74, 6) is 0.684. The quantitative estimate of drug-likeness (QED) is 0.882. The molecule has 1 aromatic carbocycles. The SMILES string of the molecule is Cc1cc(C)c2oc(=O)cc(CN3CCCC(CCN)C3)c2c1. The summed E-state index contributed by atoms with van der Waals surface area (Å²) >= 11 is 0. The van der Waals surface area contributed by atoms with Crippen LogP contribution in [0.5, 0.6) is 0 Å². The van der Waals surface area contributed by atoms with Crippen molar-refractivity contribution in [2.75, 3.05) is 19.6 Å². The van der Waals surface area contributed by atoms with Gasteiger partial charge in [-0.15, -0.1) is 0 Å². The zero-order valence-electron chi connectivity index (χ0n) is 14.1. The van der Waals surface area contributed by atoms with Gasteiger partial charge >= 0.3 is 5.63 Å². The van der Waals surface area contributed by atoms with Crippen molar-refractivity contribution >= 4 is 11.0 Å². The van der Waals surface area contributed by atoms with E-state index in [1.165, 1.54) is 18.4 Å². The fraction of sp³-hybridized carbons (Fsp3) is 0.526. The van der Waals surface area contributed by atoms with E-state index in [9.17, 15) is 4.79 Å². The molecule has 1 aromatic heterocycles. The number of hydrogen-bond acceptors (Lipinski definition) is 4. The molecule has 2 heterocycles. The second-order valence-electron chi connectivity index (χ2n) is 6.87. The third-order valence-electron chi connectivity index (χ3n) is 4.83. The van der Waals surface area contributed by atoms with Crippen LogP contribution < -0.4 is 11.4 Å². The summed E-state index contributed by atoms with van der Waals surface area (Å²) in [5.41, 5.74) is 9.49. The Labute approximate surface area is 137 Å². The number of hydrogen-bond donors (Lipinski definition) is 1. The Kier molecular flexibility index (Phi) is 4.83. The van der Waals surface area contributed by atoms with Gasteiger partial charge in [-0.1, -0.05) is 6.07 Å². The first-order chi connectivity index (χ1) is 11.1. The first kappa shape index (κ1) is 16.2. The van der Waals surface area contributed by atoms with Crippen LogP contribution in [0.1, 0.15) is 36.0 Å². The first-order valence-electron chi connectivity index (χ1n) is 8.53. The number of rotatable bonds is 4. The third kappa shape index (κ3) is 3.65. The maximum Gasteiger partial charge on any atom is 0.336 e. The van der Waals surface area contributed by atoms with Crippen molar-refractivity contribution < 1.29 is 4.42 Å². The fourth-order valence-corrected chi connectivity index (χ4v) is 3.82. The Morgan fingerprint density at radius 2 is 2.13 bits per heavy atom. The molecular weight excluding hydrogens is 288 g/mol. The highest BCUT2D eigenvalue weighted by Crippen LogP contribution is 2.26. The second-order valence-corrected chi connectivity index (χ2v) is 6.87. The van der Waals surface area contributed by atoms with Crippen LogP contribution in [0.15, 0.2) is 27.4 Å². The zero-order valence-corrected chi connectivity index (χ0v) is 14.1. The number of benzene rings is 1. The van der Waals surface area contributed by atoms with E-state index < -0.39 is 0 Å². The molecule has 4 nitrogen and oxygen atoms in total. The van der Waals surface area contributed by atoms with E-state index in [4.69, 9.17) is 10.2 Å². The normalized spacial score (nSPS) is 19.3. The van der Waals surface area contributed by atoms with Gasteiger partial charge in [-0.05, 0) is 74.9 Å². The van der Waals surface area contributed by atoms with E-state index in [0.717, 1.165) is 54.7 Å². The molecule has 0 spiro atoms. The average molecular weight is 314 g/mol. The van der Waals surface area contributed by atoms with Crippen LogP contribution in [-0.4, -0.2) is 24.5 Å². The van der Waals surface area contributed by atoms with Gasteiger partial charge in [0.05, 0.1) is 0 Å². The molecule has 0 radical (unpaired) electrons. The molecule has 1 aliphatic rings. The van der Waals surface area contributed by atoms with Gasteiger partial charge in [0, 0.05) is 24.5 Å². The van der Waals surface area contributed by atoms with Gasteiger partial charge in [0.25, 0.3) is 0 Å². The van der Waals surface area contributed by atoms with E-state index in [0.29, 0.717) is 5.92 Å². The summed E-state index contributed by atoms with van der Waals surface area (Å²) in [4.78, 5) is 14.4. The Hall–Kier alpha value is -1.65. The van der Waals surface area contributed by atoms with Gasteiger partial charge < -0.3 is 10.2 Å². The van der Waals surface area contributed by atoms with E-state index in [1.807, 2.05) is 6.92 Å². The maximum atomic E-state index is 11.9. The molecule has 1 atom stereocenters. The molecule has 4 heteroatoms. The van der Waals surface area contributed by atoms with Crippen molar-refractivity contribution in [1.82, 2.24) is 4.90 Å². The van der Waals surface area contributed by atoms with Gasteiger partial charge in [0.15, 0.2) is 0 Å². The molecule has 2 N–H and O–H groups in total. The lowest BCUT2D eigenvalue weighted by Crippen LogP contribution is -2.35. The van der Waals surface area contributed by atoms with E-state index >= 15 is 0 Å². The number of nitrogens with zero attached hydrogens (tertiary/aromatic N) is 1. The molecular formula is C19H26N2O2. The smallest absolute Gasteiger partial charge is 0.336 e. The Bertz CT molecular complexity index is 749. The van der Waals surface area contributed by atoms with Crippen molar-refractivity contribution in [3.05, 3.63) is 45.3 Å². The van der Waals surface area contributed by atoms with Crippen molar-refractivity contribution in [2.45, 2.75) is 39.7 Å². The minimum absolute atomic E-state index is 0.255. The predicted octanol–water partition coefficient (Wildman–Crippen LogP) is 2.97. The second kappa shape index (κ2) is 6.85. The molecule has 0 aliphatic carbocycles. The minimum atomic E-state index is -0.255. The summed E-state index contributed by atoms with van der Waals surface area (Å²) in [5, 5.41) is 1.07. The highest BCUT2D eigenvalue weighted by Gasteiger charge is 2.20. The molecule has 1 aliphatic heterocycles. The molecule has 0 amide bonds. The van der Waals surface area contributed by atoms with Crippen molar-refractivity contribution in [2.24, 2.45) is 11.7 Å². The first-order valence-corrected chi connectivity index (χ1v) is 8.53. The lowest BCUT2D eigenvalue weighted by molar-refractivity contribution is 0.163. The van der Waals surface area contributed by atoms with Gasteiger partial charge in [-0.3, -0.25) is 4.90 Å². The molecule has 1 saturated heterocycles. The Morgan fingerprint density at radius 3 is 2.91 bits per heavy atom. The number of likely N-dealkylation sites (tertiary alicyclic amines) is 1. The zero-order chi connectivity index (χ0) is 16.4. The van der Waals surface area contributed by atoms with Crippen LogP contribution in [0.4, 0.5) is 0 Å². The standard InChI is InChI=1S/C19H26N2O2/c1-13-8-14(2)19-17(9-13)16(10-18(22)23-19)12-21-7-3-4-15(11-21)5-6-20/h8-10,15H,3-7,11-12,20H2,1-2H3. The molecule has 1 fully saturated rings. The van der Waals surface area contributed by atoms with Gasteiger partial charge in [0.1, 0.15) is 5.58 Å². The summed E-state index contributed by atoms with van der Waals surface area (Å²) in [6, 6.07) is 5.85. The topological polar surface area (TPSA) is 59.5 Å². The number of piperidine rings is 1. The summed E-state index contributed by atoms with van der Waals surface area (Å²) in [6.07, 6.45) is 3.57. The van der Waals surface area contributed by atoms with Crippen molar-refractivity contribution in [3.63, 3.8) is 0 Å². The van der Waals surface area contributed by atoms with Crippen molar-refractivity contribution in [3.8, 4) is 0 Å². The third-order valence-corrected chi connectivity index (χ3v) is 4.83. The highest BCUT2D eigenvalue weighted by atomic mass is 16.4. The predicted molar refractivity (Wildman–Crippen MR) is 93.6 cm³/mol. The van der Waals surface area contributed by atoms with E-state index in [-0.39, 0.29) is 5.63 Å². The summed E-state index contributed by atoms with van der Waals surface area (Å²) < 4.78 is 5.45. The van der Waals surface area contributed by atoms with Crippen LogP contribution in [0.2, 0.25) is 0 Å². The van der Waals surface area contributed by atoms with Crippen LogP contribution in [0.25, 0.3) is 11.0 Å². The average Bonchev–Trinajstić information content (AvgIpc) is 2.49. The minimum Gasteiger partial charge on any atom is -0.422 e. The molecule has 0 saturated carbocycles. The Balaban J connectivity index is 1.92. The van der Waals surface area contributed by atoms with E-state index in [2.05, 4.69) is 24.0 Å². The van der Waals surface area contributed by atoms with Gasteiger partial charge in [-0.2, -0.15) is 0 Å². The van der Waals surface area contributed by atoms with Crippen LogP contribution >= 0.6 is 0 Å². The monoisotopic (exact) mass is 314 g/mol. The van der Waals surface area contributed by atoms with Crippen molar-refractivity contribution in [1.29, 1.82) is 0 Å².